The third-order valence-electron chi connectivity index (χ3n) is 5.87. The second-order valence-electron chi connectivity index (χ2n) is 8.46. The van der Waals surface area contributed by atoms with E-state index in [0.29, 0.717) is 23.0 Å². The first kappa shape index (κ1) is 26.0. The maximum Gasteiger partial charge on any atom is 0.229 e. The van der Waals surface area contributed by atoms with Crippen LogP contribution < -0.4 is 20.7 Å². The summed E-state index contributed by atoms with van der Waals surface area (Å²) in [5.41, 5.74) is 1.35. The average molecular weight is 481 g/mol. The Balaban J connectivity index is 1.70. The molecule has 10 heteroatoms. The van der Waals surface area contributed by atoms with Gasteiger partial charge in [0.15, 0.2) is 17.3 Å². The lowest BCUT2D eigenvalue weighted by molar-refractivity contribution is -0.113. The first-order valence-electron chi connectivity index (χ1n) is 11.5. The number of nitrogens with zero attached hydrogens (tertiary/aromatic N) is 3. The Labute approximate surface area is 205 Å². The Morgan fingerprint density at radius 2 is 1.97 bits per heavy atom. The van der Waals surface area contributed by atoms with Gasteiger partial charge in [-0.15, -0.1) is 0 Å². The number of Topliss-reactive ketones (excluding diaryl/α,β-unsaturated/α-hetero) is 2. The number of hydrogen-bond acceptors (Lipinski definition) is 10. The standard InChI is InChI=1S/C25H32N6O4/c1-5-19(33)13-27-24-20(16(2)32)14-28-25(30-24)29-21-7-6-17(12-23(21)35-4)22(34)15-26-18-8-10-31(3)11-9-18/h5-7,12,14,18,26H,1,8-11,13,15H2,2-4H3,(H2,27,28,29,30). The summed E-state index contributed by atoms with van der Waals surface area (Å²) in [5, 5.41) is 9.26. The number of anilines is 3. The maximum absolute atomic E-state index is 12.7. The van der Waals surface area contributed by atoms with E-state index in [1.165, 1.54) is 26.3 Å². The van der Waals surface area contributed by atoms with E-state index in [0.717, 1.165) is 25.9 Å². The van der Waals surface area contributed by atoms with E-state index in [-0.39, 0.29) is 47.8 Å². The van der Waals surface area contributed by atoms with Crippen LogP contribution in [0.25, 0.3) is 0 Å². The number of methoxy groups -OCH3 is 1. The molecule has 3 rings (SSSR count). The van der Waals surface area contributed by atoms with Crippen molar-refractivity contribution >= 4 is 34.8 Å². The normalized spacial score (nSPS) is 14.3. The largest absolute Gasteiger partial charge is 0.495 e. The zero-order valence-corrected chi connectivity index (χ0v) is 20.4. The molecule has 0 bridgehead atoms. The molecule has 1 aliphatic rings. The fourth-order valence-corrected chi connectivity index (χ4v) is 3.72. The number of carbonyl (C=O) groups is 3. The van der Waals surface area contributed by atoms with Crippen molar-refractivity contribution < 1.29 is 19.1 Å². The van der Waals surface area contributed by atoms with E-state index in [9.17, 15) is 14.4 Å². The summed E-state index contributed by atoms with van der Waals surface area (Å²) in [4.78, 5) is 47.1. The topological polar surface area (TPSA) is 126 Å². The van der Waals surface area contributed by atoms with Gasteiger partial charge in [-0.3, -0.25) is 14.4 Å². The van der Waals surface area contributed by atoms with Crippen LogP contribution in [0.5, 0.6) is 5.75 Å². The van der Waals surface area contributed by atoms with Crippen molar-refractivity contribution in [1.82, 2.24) is 20.2 Å². The number of ketones is 3. The van der Waals surface area contributed by atoms with Crippen LogP contribution >= 0.6 is 0 Å². The highest BCUT2D eigenvalue weighted by Crippen LogP contribution is 2.28. The molecule has 3 N–H and O–H groups in total. The van der Waals surface area contributed by atoms with Crippen LogP contribution in [0.4, 0.5) is 17.5 Å². The lowest BCUT2D eigenvalue weighted by Gasteiger charge is -2.29. The average Bonchev–Trinajstić information content (AvgIpc) is 2.86. The molecule has 35 heavy (non-hydrogen) atoms. The van der Waals surface area contributed by atoms with Crippen molar-refractivity contribution in [1.29, 1.82) is 0 Å². The van der Waals surface area contributed by atoms with Gasteiger partial charge in [0.05, 0.1) is 31.5 Å². The Bertz CT molecular complexity index is 1100. The number of carbonyl (C=O) groups excluding carboxylic acids is 3. The summed E-state index contributed by atoms with van der Waals surface area (Å²) in [6, 6.07) is 5.46. The summed E-state index contributed by atoms with van der Waals surface area (Å²) in [6.07, 6.45) is 4.63. The molecule has 1 aromatic carbocycles. The van der Waals surface area contributed by atoms with Crippen LogP contribution in [0.3, 0.4) is 0 Å². The quantitative estimate of drug-likeness (QED) is 0.308. The summed E-state index contributed by atoms with van der Waals surface area (Å²) < 4.78 is 5.48. The summed E-state index contributed by atoms with van der Waals surface area (Å²) in [5.74, 6) is 0.389. The molecule has 186 valence electrons. The molecule has 1 saturated heterocycles. The molecule has 0 saturated carbocycles. The molecule has 1 fully saturated rings. The second-order valence-corrected chi connectivity index (χ2v) is 8.46. The molecule has 2 aromatic rings. The van der Waals surface area contributed by atoms with Gasteiger partial charge in [0.25, 0.3) is 0 Å². The van der Waals surface area contributed by atoms with E-state index in [1.54, 1.807) is 18.2 Å². The summed E-state index contributed by atoms with van der Waals surface area (Å²) in [7, 11) is 3.62. The van der Waals surface area contributed by atoms with E-state index in [1.807, 2.05) is 0 Å². The molecular weight excluding hydrogens is 448 g/mol. The lowest BCUT2D eigenvalue weighted by atomic mass is 10.0. The van der Waals surface area contributed by atoms with Gasteiger partial charge in [0.2, 0.25) is 5.95 Å². The number of hydrogen-bond donors (Lipinski definition) is 3. The molecule has 10 nitrogen and oxygen atoms in total. The van der Waals surface area contributed by atoms with Gasteiger partial charge in [0, 0.05) is 17.8 Å². The third kappa shape index (κ3) is 7.17. The van der Waals surface area contributed by atoms with E-state index in [2.05, 4.69) is 44.4 Å². The van der Waals surface area contributed by atoms with E-state index in [4.69, 9.17) is 4.74 Å². The fourth-order valence-electron chi connectivity index (χ4n) is 3.72. The minimum atomic E-state index is -0.237. The molecule has 0 unspecified atom stereocenters. The van der Waals surface area contributed by atoms with Crippen LogP contribution in [0, 0.1) is 0 Å². The van der Waals surface area contributed by atoms with Gasteiger partial charge in [-0.2, -0.15) is 4.98 Å². The maximum atomic E-state index is 12.7. The molecule has 0 aliphatic carbocycles. The Kier molecular flexibility index (Phi) is 9.04. The number of likely N-dealkylation sites (tertiary alicyclic amines) is 1. The van der Waals surface area contributed by atoms with Gasteiger partial charge in [-0.05, 0) is 64.2 Å². The van der Waals surface area contributed by atoms with Crippen molar-refractivity contribution in [3.05, 3.63) is 48.2 Å². The van der Waals surface area contributed by atoms with Crippen molar-refractivity contribution in [3.63, 3.8) is 0 Å². The number of piperidine rings is 1. The third-order valence-corrected chi connectivity index (χ3v) is 5.87. The Morgan fingerprint density at radius 3 is 2.63 bits per heavy atom. The van der Waals surface area contributed by atoms with Crippen molar-refractivity contribution in [3.8, 4) is 5.75 Å². The van der Waals surface area contributed by atoms with Gasteiger partial charge < -0.3 is 25.6 Å². The Hall–Kier alpha value is -3.63. The van der Waals surface area contributed by atoms with Gasteiger partial charge in [0.1, 0.15) is 11.6 Å². The van der Waals surface area contributed by atoms with Gasteiger partial charge in [-0.1, -0.05) is 6.58 Å². The minimum absolute atomic E-state index is 0.0192. The molecule has 1 aliphatic heterocycles. The van der Waals surface area contributed by atoms with Crippen LogP contribution in [0.1, 0.15) is 40.5 Å². The smallest absolute Gasteiger partial charge is 0.229 e. The summed E-state index contributed by atoms with van der Waals surface area (Å²) >= 11 is 0. The lowest BCUT2D eigenvalue weighted by Crippen LogP contribution is -2.42. The highest BCUT2D eigenvalue weighted by Gasteiger charge is 2.18. The molecule has 0 spiro atoms. The van der Waals surface area contributed by atoms with Crippen molar-refractivity contribution in [2.75, 3.05) is 51.0 Å². The predicted molar refractivity (Wildman–Crippen MR) is 135 cm³/mol. The predicted octanol–water partition coefficient (Wildman–Crippen LogP) is 2.46. The fraction of sp³-hybridized carbons (Fsp3) is 0.400. The van der Waals surface area contributed by atoms with Crippen LogP contribution in [0.2, 0.25) is 0 Å². The molecule has 1 aromatic heterocycles. The van der Waals surface area contributed by atoms with Crippen molar-refractivity contribution in [2.45, 2.75) is 25.8 Å². The van der Waals surface area contributed by atoms with Crippen LogP contribution in [0.15, 0.2) is 37.1 Å². The molecular formula is C25H32N6O4. The number of nitrogens with one attached hydrogen (secondary N) is 3. The first-order valence-corrected chi connectivity index (χ1v) is 11.5. The van der Waals surface area contributed by atoms with E-state index < -0.39 is 0 Å². The SMILES string of the molecule is C=CC(=O)CNc1nc(Nc2ccc(C(=O)CNC3CCN(C)CC3)cc2OC)ncc1C(C)=O. The monoisotopic (exact) mass is 480 g/mol. The highest BCUT2D eigenvalue weighted by atomic mass is 16.5. The number of ether oxygens (including phenoxy) is 1. The second kappa shape index (κ2) is 12.2. The van der Waals surface area contributed by atoms with Crippen LogP contribution in [-0.2, 0) is 4.79 Å². The van der Waals surface area contributed by atoms with E-state index >= 15 is 0 Å². The molecule has 0 radical (unpaired) electrons. The first-order chi connectivity index (χ1) is 16.8. The molecule has 0 amide bonds. The molecule has 0 atom stereocenters. The van der Waals surface area contributed by atoms with Crippen molar-refractivity contribution in [2.24, 2.45) is 0 Å². The highest BCUT2D eigenvalue weighted by molar-refractivity contribution is 6.00. The number of aromatic nitrogens is 2. The number of benzene rings is 1. The summed E-state index contributed by atoms with van der Waals surface area (Å²) in [6.45, 7) is 7.09. The van der Waals surface area contributed by atoms with Gasteiger partial charge in [-0.25, -0.2) is 4.98 Å². The Morgan fingerprint density at radius 1 is 1.23 bits per heavy atom. The minimum Gasteiger partial charge on any atom is -0.495 e. The zero-order chi connectivity index (χ0) is 25.4. The van der Waals surface area contributed by atoms with Gasteiger partial charge >= 0.3 is 0 Å². The molecule has 2 heterocycles. The van der Waals surface area contributed by atoms with Crippen LogP contribution in [-0.4, -0.2) is 78.6 Å². The zero-order valence-electron chi connectivity index (χ0n) is 20.4. The number of rotatable bonds is 12.